The smallest absolute Gasteiger partial charge is 0.312 e. The molecule has 0 bridgehead atoms. The molecule has 2 aromatic carbocycles. The van der Waals surface area contributed by atoms with Gasteiger partial charge in [0, 0.05) is 24.2 Å². The van der Waals surface area contributed by atoms with Crippen molar-refractivity contribution in [1.29, 1.82) is 0 Å². The molecule has 0 saturated carbocycles. The van der Waals surface area contributed by atoms with Crippen molar-refractivity contribution >= 4 is 23.7 Å². The number of nitrogens with one attached hydrogen (secondary N) is 1. The van der Waals surface area contributed by atoms with Crippen LogP contribution in [0, 0.1) is 11.7 Å². The molecule has 28 heavy (non-hydrogen) atoms. The topological polar surface area (TPSA) is 61.8 Å². The highest BCUT2D eigenvalue weighted by molar-refractivity contribution is 6.00. The monoisotopic (exact) mass is 393 g/mol. The van der Waals surface area contributed by atoms with Gasteiger partial charge in [0.15, 0.2) is 0 Å². The Labute approximate surface area is 157 Å². The first-order chi connectivity index (χ1) is 13.3. The van der Waals surface area contributed by atoms with Crippen LogP contribution in [-0.4, -0.2) is 24.6 Å². The number of hydrazone groups is 1. The minimum atomic E-state index is -4.54. The lowest BCUT2D eigenvalue weighted by Crippen LogP contribution is -2.30. The van der Waals surface area contributed by atoms with E-state index >= 15 is 0 Å². The summed E-state index contributed by atoms with van der Waals surface area (Å²) in [4.78, 5) is 25.7. The number of halogens is 4. The van der Waals surface area contributed by atoms with E-state index in [0.717, 1.165) is 12.3 Å². The third-order valence-electron chi connectivity index (χ3n) is 4.28. The van der Waals surface area contributed by atoms with Crippen LogP contribution in [0.2, 0.25) is 0 Å². The van der Waals surface area contributed by atoms with Crippen molar-refractivity contribution in [2.75, 3.05) is 11.4 Å². The van der Waals surface area contributed by atoms with Crippen LogP contribution < -0.4 is 10.3 Å². The normalized spacial score (nSPS) is 17.4. The fourth-order valence-corrected chi connectivity index (χ4v) is 2.88. The first kappa shape index (κ1) is 19.5. The average Bonchev–Trinajstić information content (AvgIpc) is 3.04. The van der Waals surface area contributed by atoms with Gasteiger partial charge in [-0.3, -0.25) is 9.59 Å². The van der Waals surface area contributed by atoms with Gasteiger partial charge in [-0.1, -0.05) is 18.2 Å². The van der Waals surface area contributed by atoms with Crippen LogP contribution in [0.1, 0.15) is 17.5 Å². The van der Waals surface area contributed by atoms with Gasteiger partial charge in [-0.2, -0.15) is 18.3 Å². The highest BCUT2D eigenvalue weighted by atomic mass is 19.4. The van der Waals surface area contributed by atoms with E-state index in [9.17, 15) is 27.2 Å². The van der Waals surface area contributed by atoms with E-state index in [2.05, 4.69) is 10.5 Å². The number of hydrogen-bond acceptors (Lipinski definition) is 3. The molecule has 0 spiro atoms. The summed E-state index contributed by atoms with van der Waals surface area (Å²) in [6.07, 6.45) is -3.70. The molecule has 0 aliphatic carbocycles. The highest BCUT2D eigenvalue weighted by Gasteiger charge is 2.35. The van der Waals surface area contributed by atoms with E-state index in [-0.39, 0.29) is 24.4 Å². The molecule has 5 nitrogen and oxygen atoms in total. The molecule has 0 radical (unpaired) electrons. The van der Waals surface area contributed by atoms with Gasteiger partial charge in [0.1, 0.15) is 5.82 Å². The first-order valence-electron chi connectivity index (χ1n) is 8.31. The summed E-state index contributed by atoms with van der Waals surface area (Å²) in [7, 11) is 0. The van der Waals surface area contributed by atoms with Crippen molar-refractivity contribution in [1.82, 2.24) is 5.43 Å². The summed E-state index contributed by atoms with van der Waals surface area (Å²) >= 11 is 0. The molecule has 1 aliphatic rings. The number of carbonyl (C=O) groups is 2. The van der Waals surface area contributed by atoms with Crippen LogP contribution in [0.25, 0.3) is 0 Å². The number of nitrogens with zero attached hydrogens (tertiary/aromatic N) is 2. The Morgan fingerprint density at radius 3 is 2.50 bits per heavy atom. The molecular weight excluding hydrogens is 378 g/mol. The predicted octanol–water partition coefficient (Wildman–Crippen LogP) is 3.35. The molecule has 1 N–H and O–H groups in total. The van der Waals surface area contributed by atoms with Crippen LogP contribution in [0.4, 0.5) is 23.2 Å². The number of anilines is 1. The van der Waals surface area contributed by atoms with Crippen LogP contribution in [0.15, 0.2) is 53.6 Å². The molecule has 9 heteroatoms. The van der Waals surface area contributed by atoms with E-state index in [1.54, 1.807) is 0 Å². The maximum absolute atomic E-state index is 13.0. The zero-order valence-electron chi connectivity index (χ0n) is 14.4. The summed E-state index contributed by atoms with van der Waals surface area (Å²) in [5.41, 5.74) is 1.58. The zero-order chi connectivity index (χ0) is 20.3. The van der Waals surface area contributed by atoms with Gasteiger partial charge in [-0.05, 0) is 30.3 Å². The molecular formula is C19H15F4N3O2. The lowest BCUT2D eigenvalue weighted by molar-refractivity contribution is -0.137. The Hall–Kier alpha value is -3.23. The molecule has 1 atom stereocenters. The van der Waals surface area contributed by atoms with Gasteiger partial charge in [0.25, 0.3) is 0 Å². The molecule has 0 aromatic heterocycles. The third-order valence-corrected chi connectivity index (χ3v) is 4.28. The van der Waals surface area contributed by atoms with Gasteiger partial charge in [-0.25, -0.2) is 9.82 Å². The summed E-state index contributed by atoms with van der Waals surface area (Å²) in [5, 5.41) is 3.59. The molecule has 1 heterocycles. The second kappa shape index (κ2) is 7.79. The Morgan fingerprint density at radius 1 is 1.14 bits per heavy atom. The maximum Gasteiger partial charge on any atom is 0.417 e. The molecule has 1 unspecified atom stereocenters. The van der Waals surface area contributed by atoms with E-state index in [0.29, 0.717) is 5.69 Å². The number of rotatable bonds is 4. The van der Waals surface area contributed by atoms with Crippen LogP contribution >= 0.6 is 0 Å². The van der Waals surface area contributed by atoms with Crippen molar-refractivity contribution in [3.05, 3.63) is 65.5 Å². The zero-order valence-corrected chi connectivity index (χ0v) is 14.4. The molecule has 1 fully saturated rings. The lowest BCUT2D eigenvalue weighted by atomic mass is 10.1. The first-order valence-corrected chi connectivity index (χ1v) is 8.31. The fraction of sp³-hybridized carbons (Fsp3) is 0.211. The number of alkyl halides is 3. The Bertz CT molecular complexity index is 910. The number of amides is 2. The largest absolute Gasteiger partial charge is 0.417 e. The van der Waals surface area contributed by atoms with Gasteiger partial charge in [-0.15, -0.1) is 0 Å². The quantitative estimate of drug-likeness (QED) is 0.492. The number of benzene rings is 2. The van der Waals surface area contributed by atoms with E-state index in [1.165, 1.54) is 47.4 Å². The molecule has 1 aliphatic heterocycles. The minimum Gasteiger partial charge on any atom is -0.312 e. The SMILES string of the molecule is O=C(N/N=C/c1ccccc1C(F)(F)F)C1CC(=O)N(c2ccc(F)cc2)C1. The summed E-state index contributed by atoms with van der Waals surface area (Å²) in [6, 6.07) is 10.1. The Balaban J connectivity index is 1.64. The standard InChI is InChI=1S/C19H15F4N3O2/c20-14-5-7-15(8-6-14)26-11-13(9-17(26)27)18(28)25-24-10-12-3-1-2-4-16(12)19(21,22)23/h1-8,10,13H,9,11H2,(H,25,28)/b24-10+. The Kier molecular flexibility index (Phi) is 5.43. The molecule has 146 valence electrons. The Morgan fingerprint density at radius 2 is 1.82 bits per heavy atom. The van der Waals surface area contributed by atoms with E-state index < -0.39 is 29.4 Å². The van der Waals surface area contributed by atoms with Crippen molar-refractivity contribution in [3.8, 4) is 0 Å². The average molecular weight is 393 g/mol. The van der Waals surface area contributed by atoms with E-state index in [4.69, 9.17) is 0 Å². The molecule has 1 saturated heterocycles. The lowest BCUT2D eigenvalue weighted by Gasteiger charge is -2.16. The summed E-state index contributed by atoms with van der Waals surface area (Å²) in [6.45, 7) is 0.0744. The van der Waals surface area contributed by atoms with Crippen molar-refractivity contribution in [2.24, 2.45) is 11.0 Å². The minimum absolute atomic E-state index is 0.0716. The van der Waals surface area contributed by atoms with Gasteiger partial charge in [0.2, 0.25) is 11.8 Å². The molecule has 2 amide bonds. The molecule has 3 rings (SSSR count). The van der Waals surface area contributed by atoms with Gasteiger partial charge < -0.3 is 4.90 Å². The fourth-order valence-electron chi connectivity index (χ4n) is 2.88. The molecule has 2 aromatic rings. The second-order valence-corrected chi connectivity index (χ2v) is 6.20. The van der Waals surface area contributed by atoms with Crippen LogP contribution in [0.5, 0.6) is 0 Å². The van der Waals surface area contributed by atoms with Crippen LogP contribution in [0.3, 0.4) is 0 Å². The number of carbonyl (C=O) groups excluding carboxylic acids is 2. The second-order valence-electron chi connectivity index (χ2n) is 6.20. The van der Waals surface area contributed by atoms with Crippen LogP contribution in [-0.2, 0) is 15.8 Å². The summed E-state index contributed by atoms with van der Waals surface area (Å²) in [5.74, 6) is -2.05. The highest BCUT2D eigenvalue weighted by Crippen LogP contribution is 2.31. The van der Waals surface area contributed by atoms with Gasteiger partial charge in [0.05, 0.1) is 17.7 Å². The third kappa shape index (κ3) is 4.36. The summed E-state index contributed by atoms with van der Waals surface area (Å²) < 4.78 is 51.8. The van der Waals surface area contributed by atoms with Crippen molar-refractivity contribution in [2.45, 2.75) is 12.6 Å². The van der Waals surface area contributed by atoms with E-state index in [1.807, 2.05) is 0 Å². The maximum atomic E-state index is 13.0. The van der Waals surface area contributed by atoms with Crippen molar-refractivity contribution in [3.63, 3.8) is 0 Å². The van der Waals surface area contributed by atoms with Gasteiger partial charge >= 0.3 is 6.18 Å². The number of hydrogen-bond donors (Lipinski definition) is 1. The predicted molar refractivity (Wildman–Crippen MR) is 94.0 cm³/mol. The van der Waals surface area contributed by atoms with Crippen molar-refractivity contribution < 1.29 is 27.2 Å².